The van der Waals surface area contributed by atoms with Crippen LogP contribution in [0.3, 0.4) is 0 Å². The summed E-state index contributed by atoms with van der Waals surface area (Å²) in [6.07, 6.45) is -0.162. The van der Waals surface area contributed by atoms with E-state index < -0.39 is 6.10 Å². The van der Waals surface area contributed by atoms with Crippen molar-refractivity contribution in [3.05, 3.63) is 53.3 Å². The molecule has 140 valence electrons. The van der Waals surface area contributed by atoms with Crippen LogP contribution in [0.5, 0.6) is 11.5 Å². The van der Waals surface area contributed by atoms with E-state index in [1.165, 1.54) is 18.2 Å². The maximum Gasteiger partial charge on any atom is 0.262 e. The van der Waals surface area contributed by atoms with Gasteiger partial charge in [-0.2, -0.15) is 0 Å². The number of nitrogens with one attached hydrogen (secondary N) is 2. The van der Waals surface area contributed by atoms with Crippen molar-refractivity contribution in [2.45, 2.75) is 12.5 Å². The SMILES string of the molecule is Cl.O=C1COc2c(C(O)CNCCc3ccc(F)cc3)ccc(O)c2N1. The quantitative estimate of drug-likeness (QED) is 0.454. The summed E-state index contributed by atoms with van der Waals surface area (Å²) in [6.45, 7) is 0.727. The van der Waals surface area contributed by atoms with Gasteiger partial charge >= 0.3 is 0 Å². The van der Waals surface area contributed by atoms with Crippen LogP contribution in [0.4, 0.5) is 10.1 Å². The van der Waals surface area contributed by atoms with Crippen LogP contribution in [0.25, 0.3) is 0 Å². The van der Waals surface area contributed by atoms with Crippen molar-refractivity contribution in [2.75, 3.05) is 25.0 Å². The van der Waals surface area contributed by atoms with E-state index in [-0.39, 0.29) is 54.5 Å². The molecule has 2 aromatic carbocycles. The summed E-state index contributed by atoms with van der Waals surface area (Å²) in [7, 11) is 0. The van der Waals surface area contributed by atoms with Crippen molar-refractivity contribution in [1.29, 1.82) is 0 Å². The molecular weight excluding hydrogens is 363 g/mol. The predicted molar refractivity (Wildman–Crippen MR) is 97.4 cm³/mol. The molecule has 0 aromatic heterocycles. The number of fused-ring (bicyclic) bond motifs is 1. The number of carbonyl (C=O) groups is 1. The van der Waals surface area contributed by atoms with Gasteiger partial charge in [-0.15, -0.1) is 12.4 Å². The molecule has 0 bridgehead atoms. The number of phenols is 1. The lowest BCUT2D eigenvalue weighted by atomic mass is 10.0. The number of aliphatic hydroxyl groups is 1. The molecule has 8 heteroatoms. The summed E-state index contributed by atoms with van der Waals surface area (Å²) >= 11 is 0. The molecule has 0 radical (unpaired) electrons. The van der Waals surface area contributed by atoms with Gasteiger partial charge in [-0.1, -0.05) is 12.1 Å². The molecule has 0 saturated carbocycles. The summed E-state index contributed by atoms with van der Waals surface area (Å²) in [5.74, 6) is -0.445. The van der Waals surface area contributed by atoms with Crippen LogP contribution >= 0.6 is 12.4 Å². The van der Waals surface area contributed by atoms with Gasteiger partial charge in [-0.05, 0) is 42.8 Å². The third-order valence-electron chi connectivity index (χ3n) is 3.98. The zero-order chi connectivity index (χ0) is 17.8. The number of aromatic hydroxyl groups is 1. The molecule has 0 fully saturated rings. The fraction of sp³-hybridized carbons (Fsp3) is 0.278. The van der Waals surface area contributed by atoms with Crippen molar-refractivity contribution in [3.8, 4) is 11.5 Å². The first-order valence-corrected chi connectivity index (χ1v) is 7.96. The van der Waals surface area contributed by atoms with Gasteiger partial charge in [0, 0.05) is 12.1 Å². The molecule has 4 N–H and O–H groups in total. The molecule has 1 aliphatic rings. The third-order valence-corrected chi connectivity index (χ3v) is 3.98. The monoisotopic (exact) mass is 382 g/mol. The highest BCUT2D eigenvalue weighted by atomic mass is 35.5. The normalized spacial score (nSPS) is 13.8. The van der Waals surface area contributed by atoms with Crippen molar-refractivity contribution in [2.24, 2.45) is 0 Å². The van der Waals surface area contributed by atoms with Gasteiger partial charge in [0.1, 0.15) is 17.3 Å². The molecule has 1 heterocycles. The summed E-state index contributed by atoms with van der Waals surface area (Å²) in [5.41, 5.74) is 1.66. The molecule has 0 aliphatic carbocycles. The summed E-state index contributed by atoms with van der Waals surface area (Å²) < 4.78 is 18.2. The van der Waals surface area contributed by atoms with E-state index in [1.54, 1.807) is 18.2 Å². The van der Waals surface area contributed by atoms with Crippen LogP contribution in [-0.4, -0.2) is 35.8 Å². The average Bonchev–Trinajstić information content (AvgIpc) is 2.61. The predicted octanol–water partition coefficient (Wildman–Crippen LogP) is 2.15. The Morgan fingerprint density at radius 1 is 1.23 bits per heavy atom. The Kier molecular flexibility index (Phi) is 6.79. The highest BCUT2D eigenvalue weighted by Gasteiger charge is 2.25. The van der Waals surface area contributed by atoms with Crippen LogP contribution in [0.15, 0.2) is 36.4 Å². The van der Waals surface area contributed by atoms with Crippen molar-refractivity contribution < 1.29 is 24.1 Å². The highest BCUT2D eigenvalue weighted by Crippen LogP contribution is 2.41. The van der Waals surface area contributed by atoms with Gasteiger partial charge in [0.2, 0.25) is 0 Å². The molecule has 26 heavy (non-hydrogen) atoms. The van der Waals surface area contributed by atoms with E-state index in [2.05, 4.69) is 10.6 Å². The second kappa shape index (κ2) is 8.84. The number of phenolic OH excluding ortho intramolecular Hbond substituents is 1. The first-order valence-electron chi connectivity index (χ1n) is 7.96. The zero-order valence-corrected chi connectivity index (χ0v) is 14.7. The third kappa shape index (κ3) is 4.63. The minimum atomic E-state index is -0.863. The number of anilines is 1. The summed E-state index contributed by atoms with van der Waals surface area (Å²) in [6, 6.07) is 9.25. The van der Waals surface area contributed by atoms with E-state index in [1.807, 2.05) is 0 Å². The smallest absolute Gasteiger partial charge is 0.262 e. The summed E-state index contributed by atoms with van der Waals surface area (Å²) in [4.78, 5) is 11.4. The van der Waals surface area contributed by atoms with Crippen molar-refractivity contribution >= 4 is 24.0 Å². The number of amides is 1. The average molecular weight is 383 g/mol. The molecule has 0 saturated heterocycles. The van der Waals surface area contributed by atoms with E-state index in [4.69, 9.17) is 4.74 Å². The minimum absolute atomic E-state index is 0. The number of hydrogen-bond acceptors (Lipinski definition) is 5. The van der Waals surface area contributed by atoms with Crippen LogP contribution in [0.1, 0.15) is 17.2 Å². The number of aliphatic hydroxyl groups excluding tert-OH is 1. The number of carbonyl (C=O) groups excluding carboxylic acids is 1. The van der Waals surface area contributed by atoms with Crippen LogP contribution < -0.4 is 15.4 Å². The molecule has 6 nitrogen and oxygen atoms in total. The van der Waals surface area contributed by atoms with E-state index in [9.17, 15) is 19.4 Å². The lowest BCUT2D eigenvalue weighted by molar-refractivity contribution is -0.118. The lowest BCUT2D eigenvalue weighted by Crippen LogP contribution is -2.28. The molecule has 1 amide bonds. The molecular formula is C18H20ClFN2O4. The van der Waals surface area contributed by atoms with Gasteiger partial charge < -0.3 is 25.6 Å². The Labute approximate surface area is 156 Å². The minimum Gasteiger partial charge on any atom is -0.506 e. The first kappa shape index (κ1) is 20.0. The van der Waals surface area contributed by atoms with Gasteiger partial charge in [0.05, 0.1) is 6.10 Å². The Balaban J connectivity index is 0.00000243. The maximum atomic E-state index is 12.9. The number of hydrogen-bond donors (Lipinski definition) is 4. The molecule has 0 spiro atoms. The van der Waals surface area contributed by atoms with Crippen LogP contribution in [0, 0.1) is 5.82 Å². The van der Waals surface area contributed by atoms with E-state index in [0.29, 0.717) is 18.5 Å². The molecule has 1 atom stereocenters. The molecule has 1 aliphatic heterocycles. The number of benzene rings is 2. The topological polar surface area (TPSA) is 90.8 Å². The molecule has 3 rings (SSSR count). The van der Waals surface area contributed by atoms with E-state index >= 15 is 0 Å². The number of halogens is 2. The number of rotatable bonds is 6. The lowest BCUT2D eigenvalue weighted by Gasteiger charge is -2.23. The fourth-order valence-corrected chi connectivity index (χ4v) is 2.67. The van der Waals surface area contributed by atoms with Crippen molar-refractivity contribution in [1.82, 2.24) is 5.32 Å². The van der Waals surface area contributed by atoms with Gasteiger partial charge in [-0.3, -0.25) is 4.79 Å². The van der Waals surface area contributed by atoms with Crippen LogP contribution in [-0.2, 0) is 11.2 Å². The van der Waals surface area contributed by atoms with Crippen molar-refractivity contribution in [3.63, 3.8) is 0 Å². The fourth-order valence-electron chi connectivity index (χ4n) is 2.67. The zero-order valence-electron chi connectivity index (χ0n) is 13.9. The Bertz CT molecular complexity index is 771. The van der Waals surface area contributed by atoms with Crippen LogP contribution in [0.2, 0.25) is 0 Å². The second-order valence-electron chi connectivity index (χ2n) is 5.81. The Morgan fingerprint density at radius 2 is 1.96 bits per heavy atom. The largest absolute Gasteiger partial charge is 0.506 e. The standard InChI is InChI=1S/C18H19FN2O4.ClH/c19-12-3-1-11(2-4-12)7-8-20-9-15(23)13-5-6-14(22)17-18(13)25-10-16(24)21-17;/h1-6,15,20,22-23H,7-10H2,(H,21,24);1H. The second-order valence-corrected chi connectivity index (χ2v) is 5.81. The van der Waals surface area contributed by atoms with E-state index in [0.717, 1.165) is 5.56 Å². The van der Waals surface area contributed by atoms with Gasteiger partial charge in [0.25, 0.3) is 5.91 Å². The first-order chi connectivity index (χ1) is 12.0. The van der Waals surface area contributed by atoms with Gasteiger partial charge in [0.15, 0.2) is 12.4 Å². The Morgan fingerprint density at radius 3 is 2.69 bits per heavy atom. The summed E-state index contributed by atoms with van der Waals surface area (Å²) in [5, 5.41) is 25.9. The highest BCUT2D eigenvalue weighted by molar-refractivity contribution is 5.97. The Hall–Kier alpha value is -2.35. The maximum absolute atomic E-state index is 12.9. The van der Waals surface area contributed by atoms with Gasteiger partial charge in [-0.25, -0.2) is 4.39 Å². The number of ether oxygens (including phenoxy) is 1. The molecule has 1 unspecified atom stereocenters. The molecule has 2 aromatic rings.